The van der Waals surface area contributed by atoms with Gasteiger partial charge in [0.25, 0.3) is 5.91 Å². The first-order valence-electron chi connectivity index (χ1n) is 6.54. The van der Waals surface area contributed by atoms with Crippen LogP contribution in [0.3, 0.4) is 0 Å². The van der Waals surface area contributed by atoms with Gasteiger partial charge in [-0.3, -0.25) is 4.79 Å². The lowest BCUT2D eigenvalue weighted by Gasteiger charge is -2.29. The van der Waals surface area contributed by atoms with Crippen molar-refractivity contribution in [1.82, 2.24) is 10.6 Å². The Morgan fingerprint density at radius 3 is 2.89 bits per heavy atom. The molecular formula is C14H18Br2N2O. The fourth-order valence-corrected chi connectivity index (χ4v) is 3.61. The van der Waals surface area contributed by atoms with Crippen molar-refractivity contribution < 1.29 is 4.79 Å². The van der Waals surface area contributed by atoms with Crippen LogP contribution in [0.1, 0.15) is 30.1 Å². The number of rotatable bonds is 3. The molecule has 1 amide bonds. The number of nitrogens with one attached hydrogen (secondary N) is 2. The summed E-state index contributed by atoms with van der Waals surface area (Å²) < 4.78 is 1.77. The first kappa shape index (κ1) is 15.0. The lowest BCUT2D eigenvalue weighted by atomic mass is 9.92. The van der Waals surface area contributed by atoms with E-state index in [2.05, 4.69) is 49.4 Å². The van der Waals surface area contributed by atoms with Crippen LogP contribution in [0.4, 0.5) is 0 Å². The van der Waals surface area contributed by atoms with Crippen molar-refractivity contribution in [2.75, 3.05) is 13.1 Å². The second kappa shape index (κ2) is 6.86. The number of carbonyl (C=O) groups is 1. The van der Waals surface area contributed by atoms with Gasteiger partial charge in [-0.05, 0) is 72.9 Å². The Labute approximate surface area is 130 Å². The summed E-state index contributed by atoms with van der Waals surface area (Å²) in [6.45, 7) is 4.17. The quantitative estimate of drug-likeness (QED) is 0.832. The lowest BCUT2D eigenvalue weighted by Crippen LogP contribution is -2.44. The minimum absolute atomic E-state index is 0.0163. The maximum atomic E-state index is 12.3. The highest BCUT2D eigenvalue weighted by molar-refractivity contribution is 9.11. The molecule has 3 nitrogen and oxygen atoms in total. The average Bonchev–Trinajstić information content (AvgIpc) is 2.39. The van der Waals surface area contributed by atoms with E-state index in [1.165, 1.54) is 12.8 Å². The molecule has 0 bridgehead atoms. The molecule has 1 aliphatic heterocycles. The van der Waals surface area contributed by atoms with E-state index in [9.17, 15) is 4.79 Å². The van der Waals surface area contributed by atoms with Gasteiger partial charge in [0.05, 0.1) is 5.56 Å². The molecule has 2 atom stereocenters. The number of halogens is 2. The Bertz CT molecular complexity index is 459. The van der Waals surface area contributed by atoms with E-state index in [4.69, 9.17) is 0 Å². The molecule has 104 valence electrons. The summed E-state index contributed by atoms with van der Waals surface area (Å²) in [6.07, 6.45) is 2.36. The third kappa shape index (κ3) is 4.04. The molecule has 1 heterocycles. The zero-order valence-electron chi connectivity index (χ0n) is 10.9. The largest absolute Gasteiger partial charge is 0.349 e. The Morgan fingerprint density at radius 1 is 1.47 bits per heavy atom. The minimum Gasteiger partial charge on any atom is -0.349 e. The first-order chi connectivity index (χ1) is 9.08. The van der Waals surface area contributed by atoms with E-state index in [-0.39, 0.29) is 11.9 Å². The average molecular weight is 390 g/mol. The summed E-state index contributed by atoms with van der Waals surface area (Å²) in [5.74, 6) is 0.504. The molecule has 1 saturated heterocycles. The molecule has 1 fully saturated rings. The van der Waals surface area contributed by atoms with Crippen molar-refractivity contribution in [2.24, 2.45) is 5.92 Å². The number of piperidine rings is 1. The van der Waals surface area contributed by atoms with E-state index in [0.717, 1.165) is 22.0 Å². The number of amides is 1. The second-order valence-electron chi connectivity index (χ2n) is 4.99. The molecule has 1 aromatic rings. The molecule has 19 heavy (non-hydrogen) atoms. The summed E-state index contributed by atoms with van der Waals surface area (Å²) in [6, 6.07) is 5.79. The molecule has 1 aliphatic rings. The van der Waals surface area contributed by atoms with Gasteiger partial charge in [0.15, 0.2) is 0 Å². The molecule has 2 unspecified atom stereocenters. The van der Waals surface area contributed by atoms with E-state index < -0.39 is 0 Å². The van der Waals surface area contributed by atoms with Gasteiger partial charge in [0.1, 0.15) is 0 Å². The second-order valence-corrected chi connectivity index (χ2v) is 6.76. The Morgan fingerprint density at radius 2 is 2.26 bits per heavy atom. The fraction of sp³-hybridized carbons (Fsp3) is 0.500. The topological polar surface area (TPSA) is 41.1 Å². The summed E-state index contributed by atoms with van der Waals surface area (Å²) in [7, 11) is 0. The van der Waals surface area contributed by atoms with Gasteiger partial charge in [-0.1, -0.05) is 15.9 Å². The Hall–Kier alpha value is -0.390. The molecule has 0 aliphatic carbocycles. The fourth-order valence-electron chi connectivity index (χ4n) is 2.38. The van der Waals surface area contributed by atoms with Crippen molar-refractivity contribution in [2.45, 2.75) is 25.8 Å². The van der Waals surface area contributed by atoms with Crippen LogP contribution >= 0.6 is 31.9 Å². The predicted molar refractivity (Wildman–Crippen MR) is 84.4 cm³/mol. The molecule has 1 aromatic carbocycles. The van der Waals surface area contributed by atoms with Gasteiger partial charge in [0, 0.05) is 15.0 Å². The number of hydrogen-bond donors (Lipinski definition) is 2. The highest BCUT2D eigenvalue weighted by Gasteiger charge is 2.22. The molecule has 5 heteroatoms. The zero-order valence-corrected chi connectivity index (χ0v) is 14.1. The van der Waals surface area contributed by atoms with Crippen molar-refractivity contribution in [3.05, 3.63) is 32.7 Å². The van der Waals surface area contributed by atoms with Crippen LogP contribution in [0.15, 0.2) is 27.1 Å². The normalized spacial score (nSPS) is 20.9. The van der Waals surface area contributed by atoms with Crippen LogP contribution < -0.4 is 10.6 Å². The van der Waals surface area contributed by atoms with Crippen molar-refractivity contribution >= 4 is 37.8 Å². The molecular weight excluding hydrogens is 372 g/mol. The highest BCUT2D eigenvalue weighted by atomic mass is 79.9. The molecule has 0 saturated carbocycles. The van der Waals surface area contributed by atoms with E-state index >= 15 is 0 Å². The van der Waals surface area contributed by atoms with Gasteiger partial charge in [-0.15, -0.1) is 0 Å². The first-order valence-corrected chi connectivity index (χ1v) is 8.13. The Kier molecular flexibility index (Phi) is 5.42. The van der Waals surface area contributed by atoms with E-state index in [1.807, 2.05) is 18.2 Å². The van der Waals surface area contributed by atoms with Crippen molar-refractivity contribution in [1.29, 1.82) is 0 Å². The summed E-state index contributed by atoms with van der Waals surface area (Å²) in [4.78, 5) is 12.3. The van der Waals surface area contributed by atoms with Crippen LogP contribution in [-0.4, -0.2) is 25.0 Å². The minimum atomic E-state index is -0.0163. The monoisotopic (exact) mass is 388 g/mol. The van der Waals surface area contributed by atoms with Crippen molar-refractivity contribution in [3.8, 4) is 0 Å². The van der Waals surface area contributed by atoms with Crippen molar-refractivity contribution in [3.63, 3.8) is 0 Å². The molecule has 0 aromatic heterocycles. The summed E-state index contributed by atoms with van der Waals surface area (Å²) >= 11 is 6.82. The standard InChI is InChI=1S/C14H18Br2N2O/c1-9(10-3-2-6-17-8-10)18-14(19)12-5-4-11(15)7-13(12)16/h4-5,7,9-10,17H,2-3,6,8H2,1H3,(H,18,19). The number of carbonyl (C=O) groups excluding carboxylic acids is 1. The van der Waals surface area contributed by atoms with E-state index in [1.54, 1.807) is 0 Å². The highest BCUT2D eigenvalue weighted by Crippen LogP contribution is 2.22. The van der Waals surface area contributed by atoms with Crippen LogP contribution in [0.5, 0.6) is 0 Å². The van der Waals surface area contributed by atoms with Crippen LogP contribution in [0.2, 0.25) is 0 Å². The Balaban J connectivity index is 1.99. The summed E-state index contributed by atoms with van der Waals surface area (Å²) in [5, 5.41) is 6.48. The third-order valence-corrected chi connectivity index (χ3v) is 4.73. The van der Waals surface area contributed by atoms with Crippen LogP contribution in [0.25, 0.3) is 0 Å². The van der Waals surface area contributed by atoms with Gasteiger partial charge in [-0.2, -0.15) is 0 Å². The SMILES string of the molecule is CC(NC(=O)c1ccc(Br)cc1Br)C1CCCNC1. The molecule has 0 radical (unpaired) electrons. The molecule has 2 rings (SSSR count). The maximum absolute atomic E-state index is 12.3. The van der Waals surface area contributed by atoms with Gasteiger partial charge >= 0.3 is 0 Å². The zero-order chi connectivity index (χ0) is 13.8. The smallest absolute Gasteiger partial charge is 0.252 e. The maximum Gasteiger partial charge on any atom is 0.252 e. The van der Waals surface area contributed by atoms with E-state index in [0.29, 0.717) is 11.5 Å². The number of benzene rings is 1. The number of hydrogen-bond acceptors (Lipinski definition) is 2. The van der Waals surface area contributed by atoms with Gasteiger partial charge in [0.2, 0.25) is 0 Å². The van der Waals surface area contributed by atoms with Gasteiger partial charge in [-0.25, -0.2) is 0 Å². The predicted octanol–water partition coefficient (Wildman–Crippen LogP) is 3.33. The lowest BCUT2D eigenvalue weighted by molar-refractivity contribution is 0.0921. The van der Waals surface area contributed by atoms with Crippen LogP contribution in [-0.2, 0) is 0 Å². The van der Waals surface area contributed by atoms with Crippen LogP contribution in [0, 0.1) is 5.92 Å². The summed E-state index contributed by atoms with van der Waals surface area (Å²) in [5.41, 5.74) is 0.679. The van der Waals surface area contributed by atoms with Gasteiger partial charge < -0.3 is 10.6 Å². The third-order valence-electron chi connectivity index (χ3n) is 3.58. The molecule has 0 spiro atoms. The molecule has 2 N–H and O–H groups in total.